The first-order chi connectivity index (χ1) is 17.1. The van der Waals surface area contributed by atoms with Crippen molar-refractivity contribution in [2.45, 2.75) is 82.0 Å². The molecule has 2 aliphatic rings. The van der Waals surface area contributed by atoms with E-state index in [4.69, 9.17) is 17.2 Å². The van der Waals surface area contributed by atoms with Crippen molar-refractivity contribution in [1.29, 1.82) is 0 Å². The van der Waals surface area contributed by atoms with Crippen LogP contribution < -0.4 is 33.2 Å². The highest BCUT2D eigenvalue weighted by Gasteiger charge is 2.38. The van der Waals surface area contributed by atoms with Crippen LogP contribution in [0.4, 0.5) is 0 Å². The van der Waals surface area contributed by atoms with Crippen LogP contribution in [0, 0.1) is 0 Å². The maximum absolute atomic E-state index is 13.1. The van der Waals surface area contributed by atoms with Crippen LogP contribution in [0.2, 0.25) is 0 Å². The summed E-state index contributed by atoms with van der Waals surface area (Å²) in [6.07, 6.45) is 3.02. The molecule has 2 heterocycles. The molecule has 14 nitrogen and oxygen atoms in total. The van der Waals surface area contributed by atoms with Gasteiger partial charge in [-0.1, -0.05) is 0 Å². The second-order valence-electron chi connectivity index (χ2n) is 9.09. The Hall–Kier alpha value is -3.42. The number of amides is 4. The van der Waals surface area contributed by atoms with Gasteiger partial charge in [0.05, 0.1) is 6.04 Å². The molecule has 10 N–H and O–H groups in total. The van der Waals surface area contributed by atoms with E-state index in [9.17, 15) is 29.1 Å². The van der Waals surface area contributed by atoms with Crippen molar-refractivity contribution >= 4 is 35.6 Å². The summed E-state index contributed by atoms with van der Waals surface area (Å²) in [7, 11) is 0. The highest BCUT2D eigenvalue weighted by Crippen LogP contribution is 2.20. The average molecular weight is 511 g/mol. The number of rotatable bonds is 7. The third kappa shape index (κ3) is 8.98. The summed E-state index contributed by atoms with van der Waals surface area (Å²) in [5.74, 6) is -3.27. The van der Waals surface area contributed by atoms with Gasteiger partial charge in [0.1, 0.15) is 18.1 Å². The number of fused-ring (bicyclic) bond motifs is 1. The standard InChI is InChI=1S/C22H38N8O6/c23-13-5-1-2-10-26-17(31)9-8-14(28-19(33)16-7-4-12-30(16)20(13)34)18(32)29-15(21(35)36)6-3-11-27-22(24)25/h13-16H,1-12,23H2,(H,26,31)(H,28,33)(H,29,32)(H,35,36)(H4,24,25,27). The highest BCUT2D eigenvalue weighted by atomic mass is 16.4. The van der Waals surface area contributed by atoms with Gasteiger partial charge in [0.25, 0.3) is 0 Å². The Balaban J connectivity index is 2.15. The molecule has 4 atom stereocenters. The minimum Gasteiger partial charge on any atom is -0.480 e. The van der Waals surface area contributed by atoms with Gasteiger partial charge in [0.15, 0.2) is 5.96 Å². The molecule has 4 unspecified atom stereocenters. The van der Waals surface area contributed by atoms with Crippen LogP contribution in [-0.4, -0.2) is 89.4 Å². The molecule has 14 heteroatoms. The fraction of sp³-hybridized carbons (Fsp3) is 0.727. The van der Waals surface area contributed by atoms with E-state index in [1.54, 1.807) is 0 Å². The largest absolute Gasteiger partial charge is 0.480 e. The van der Waals surface area contributed by atoms with E-state index in [1.807, 2.05) is 0 Å². The normalized spacial score (nSPS) is 24.9. The van der Waals surface area contributed by atoms with E-state index in [2.05, 4.69) is 20.9 Å². The van der Waals surface area contributed by atoms with E-state index in [-0.39, 0.29) is 43.6 Å². The zero-order valence-corrected chi connectivity index (χ0v) is 20.4. The van der Waals surface area contributed by atoms with Gasteiger partial charge in [-0.25, -0.2) is 4.79 Å². The zero-order chi connectivity index (χ0) is 26.7. The first-order valence-corrected chi connectivity index (χ1v) is 12.3. The van der Waals surface area contributed by atoms with Crippen molar-refractivity contribution in [2.75, 3.05) is 19.6 Å². The van der Waals surface area contributed by atoms with Gasteiger partial charge in [0.2, 0.25) is 23.6 Å². The van der Waals surface area contributed by atoms with Crippen LogP contribution in [0.3, 0.4) is 0 Å². The number of aliphatic carboxylic acids is 1. The van der Waals surface area contributed by atoms with Gasteiger partial charge in [-0.05, 0) is 51.4 Å². The highest BCUT2D eigenvalue weighted by molar-refractivity contribution is 5.94. The predicted octanol–water partition coefficient (Wildman–Crippen LogP) is -2.51. The summed E-state index contributed by atoms with van der Waals surface area (Å²) in [4.78, 5) is 68.1. The van der Waals surface area contributed by atoms with Crippen LogP contribution in [0.15, 0.2) is 4.99 Å². The Morgan fingerprint density at radius 2 is 1.89 bits per heavy atom. The molecule has 2 fully saturated rings. The molecular weight excluding hydrogens is 472 g/mol. The number of carbonyl (C=O) groups is 5. The molecule has 0 aromatic heterocycles. The van der Waals surface area contributed by atoms with Crippen molar-refractivity contribution in [3.8, 4) is 0 Å². The number of carbonyl (C=O) groups excluding carboxylic acids is 4. The van der Waals surface area contributed by atoms with E-state index < -0.39 is 42.0 Å². The fourth-order valence-corrected chi connectivity index (χ4v) is 4.29. The summed E-state index contributed by atoms with van der Waals surface area (Å²) in [5.41, 5.74) is 16.6. The molecular formula is C22H38N8O6. The summed E-state index contributed by atoms with van der Waals surface area (Å²) < 4.78 is 0. The van der Waals surface area contributed by atoms with E-state index in [0.717, 1.165) is 0 Å². The van der Waals surface area contributed by atoms with E-state index in [1.165, 1.54) is 4.90 Å². The Bertz CT molecular complexity index is 846. The Kier molecular flexibility index (Phi) is 11.4. The summed E-state index contributed by atoms with van der Waals surface area (Å²) in [6.45, 7) is 0.973. The van der Waals surface area contributed by atoms with Gasteiger partial charge >= 0.3 is 5.97 Å². The smallest absolute Gasteiger partial charge is 0.326 e. The third-order valence-corrected chi connectivity index (χ3v) is 6.27. The molecule has 0 spiro atoms. The summed E-state index contributed by atoms with van der Waals surface area (Å²) >= 11 is 0. The lowest BCUT2D eigenvalue weighted by atomic mass is 10.1. The number of hydrogen-bond acceptors (Lipinski definition) is 7. The molecule has 0 bridgehead atoms. The minimum atomic E-state index is -1.25. The molecule has 202 valence electrons. The van der Waals surface area contributed by atoms with Crippen molar-refractivity contribution in [3.05, 3.63) is 0 Å². The van der Waals surface area contributed by atoms with E-state index in [0.29, 0.717) is 51.6 Å². The van der Waals surface area contributed by atoms with Crippen LogP contribution in [0.5, 0.6) is 0 Å². The third-order valence-electron chi connectivity index (χ3n) is 6.27. The van der Waals surface area contributed by atoms with Crippen molar-refractivity contribution < 1.29 is 29.1 Å². The lowest BCUT2D eigenvalue weighted by molar-refractivity contribution is -0.143. The lowest BCUT2D eigenvalue weighted by Gasteiger charge is -2.28. The minimum absolute atomic E-state index is 0.0378. The SMILES string of the molecule is NC(N)=NCCCC(NC(=O)C1CCC(=O)NCCCCC(N)C(=O)N2CCCC2C(=O)N1)C(=O)O. The molecule has 36 heavy (non-hydrogen) atoms. The quantitative estimate of drug-likeness (QED) is 0.109. The van der Waals surface area contributed by atoms with Gasteiger partial charge < -0.3 is 43.2 Å². The summed E-state index contributed by atoms with van der Waals surface area (Å²) in [5, 5.41) is 17.3. The molecule has 0 aromatic carbocycles. The second-order valence-corrected chi connectivity index (χ2v) is 9.09. The predicted molar refractivity (Wildman–Crippen MR) is 130 cm³/mol. The van der Waals surface area contributed by atoms with Crippen molar-refractivity contribution in [3.63, 3.8) is 0 Å². The number of carboxylic acids is 1. The number of guanidine groups is 1. The van der Waals surface area contributed by atoms with Crippen molar-refractivity contribution in [1.82, 2.24) is 20.9 Å². The Labute approximate surface area is 209 Å². The maximum Gasteiger partial charge on any atom is 0.326 e. The van der Waals surface area contributed by atoms with Gasteiger partial charge in [-0.2, -0.15) is 0 Å². The van der Waals surface area contributed by atoms with E-state index >= 15 is 0 Å². The second kappa shape index (κ2) is 14.2. The average Bonchev–Trinajstić information content (AvgIpc) is 3.31. The molecule has 2 rings (SSSR count). The molecule has 0 radical (unpaired) electrons. The number of nitrogens with one attached hydrogen (secondary N) is 3. The number of aliphatic imine (C=N–C) groups is 1. The monoisotopic (exact) mass is 510 g/mol. The zero-order valence-electron chi connectivity index (χ0n) is 20.4. The molecule has 2 aliphatic heterocycles. The molecule has 0 aliphatic carbocycles. The van der Waals surface area contributed by atoms with Gasteiger partial charge in [-0.15, -0.1) is 0 Å². The van der Waals surface area contributed by atoms with Crippen molar-refractivity contribution in [2.24, 2.45) is 22.2 Å². The number of nitrogens with zero attached hydrogens (tertiary/aromatic N) is 2. The number of hydrogen-bond donors (Lipinski definition) is 7. The first kappa shape index (κ1) is 28.8. The van der Waals surface area contributed by atoms with Crippen LogP contribution in [0.1, 0.15) is 57.8 Å². The lowest BCUT2D eigenvalue weighted by Crippen LogP contribution is -2.56. The topological polar surface area (TPSA) is 235 Å². The number of carboxylic acid groups (broad SMARTS) is 1. The first-order valence-electron chi connectivity index (χ1n) is 12.3. The molecule has 2 saturated heterocycles. The maximum atomic E-state index is 13.1. The summed E-state index contributed by atoms with van der Waals surface area (Å²) in [6, 6.07) is -3.95. The number of nitrogens with two attached hydrogens (primary N) is 3. The van der Waals surface area contributed by atoms with Crippen LogP contribution in [0.25, 0.3) is 0 Å². The van der Waals surface area contributed by atoms with Gasteiger partial charge in [-0.3, -0.25) is 24.2 Å². The Morgan fingerprint density at radius 1 is 1.14 bits per heavy atom. The molecule has 0 aromatic rings. The Morgan fingerprint density at radius 3 is 2.58 bits per heavy atom. The van der Waals surface area contributed by atoms with Crippen LogP contribution >= 0.6 is 0 Å². The molecule has 4 amide bonds. The van der Waals surface area contributed by atoms with Gasteiger partial charge in [0, 0.05) is 26.1 Å². The molecule has 0 saturated carbocycles. The fourth-order valence-electron chi connectivity index (χ4n) is 4.29. The van der Waals surface area contributed by atoms with Crippen LogP contribution in [-0.2, 0) is 24.0 Å².